The summed E-state index contributed by atoms with van der Waals surface area (Å²) in [6, 6.07) is 17.5. The molecule has 0 aliphatic carbocycles. The van der Waals surface area contributed by atoms with Gasteiger partial charge in [-0.1, -0.05) is 54.6 Å². The monoisotopic (exact) mass is 226 g/mol. The van der Waals surface area contributed by atoms with Crippen LogP contribution in [-0.2, 0) is 11.3 Å². The Morgan fingerprint density at radius 2 is 1.71 bits per heavy atom. The second-order valence-electron chi connectivity index (χ2n) is 3.99. The van der Waals surface area contributed by atoms with Gasteiger partial charge in [0, 0.05) is 7.11 Å². The number of rotatable bonds is 4. The Bertz CT molecular complexity index is 471. The van der Waals surface area contributed by atoms with Crippen molar-refractivity contribution in [1.29, 1.82) is 0 Å². The number of methoxy groups -OCH3 is 1. The quantitative estimate of drug-likeness (QED) is 0.786. The van der Waals surface area contributed by atoms with Crippen molar-refractivity contribution in [1.82, 2.24) is 0 Å². The third-order valence-corrected chi connectivity index (χ3v) is 2.69. The summed E-state index contributed by atoms with van der Waals surface area (Å²) in [5, 5.41) is 10.2. The van der Waals surface area contributed by atoms with Gasteiger partial charge in [0.1, 0.15) is 0 Å². The van der Waals surface area contributed by atoms with Gasteiger partial charge in [-0.25, -0.2) is 0 Å². The predicted octanol–water partition coefficient (Wildman–Crippen LogP) is 0.931. The maximum atomic E-state index is 10.2. The fourth-order valence-electron chi connectivity index (χ4n) is 1.85. The second-order valence-corrected chi connectivity index (χ2v) is 3.99. The molecule has 2 rings (SSSR count). The van der Waals surface area contributed by atoms with E-state index in [4.69, 9.17) is 4.74 Å². The summed E-state index contributed by atoms with van der Waals surface area (Å²) in [4.78, 5) is 0. The standard InChI is InChI=1S/C14H15BO2/c1-17-11-12-6-5-9-14(10-12)15(16)13-7-3-2-4-8-13/h2-10,16H,11H2,1H3. The molecule has 0 aromatic heterocycles. The molecule has 2 aromatic carbocycles. The SMILES string of the molecule is COCc1cccc(B(O)c2ccccc2)c1. The predicted molar refractivity (Wildman–Crippen MR) is 70.8 cm³/mol. The van der Waals surface area contributed by atoms with Crippen LogP contribution in [0.25, 0.3) is 0 Å². The summed E-state index contributed by atoms with van der Waals surface area (Å²) in [6.07, 6.45) is 0. The van der Waals surface area contributed by atoms with Crippen LogP contribution in [0.2, 0.25) is 0 Å². The molecule has 2 aromatic rings. The maximum absolute atomic E-state index is 10.2. The van der Waals surface area contributed by atoms with Crippen molar-refractivity contribution in [3.8, 4) is 0 Å². The summed E-state index contributed by atoms with van der Waals surface area (Å²) < 4.78 is 5.09. The van der Waals surface area contributed by atoms with Gasteiger partial charge in [0.25, 0.3) is 0 Å². The Morgan fingerprint density at radius 1 is 1.00 bits per heavy atom. The van der Waals surface area contributed by atoms with Crippen LogP contribution in [0.5, 0.6) is 0 Å². The van der Waals surface area contributed by atoms with Gasteiger partial charge >= 0.3 is 6.92 Å². The molecule has 0 aliphatic rings. The molecule has 3 heteroatoms. The smallest absolute Gasteiger partial charge is 0.358 e. The van der Waals surface area contributed by atoms with Crippen LogP contribution in [0.1, 0.15) is 5.56 Å². The van der Waals surface area contributed by atoms with Crippen molar-refractivity contribution >= 4 is 17.8 Å². The van der Waals surface area contributed by atoms with E-state index in [9.17, 15) is 5.02 Å². The molecule has 0 bridgehead atoms. The molecular weight excluding hydrogens is 211 g/mol. The molecule has 0 spiro atoms. The molecule has 0 amide bonds. The van der Waals surface area contributed by atoms with Crippen LogP contribution < -0.4 is 10.9 Å². The molecule has 86 valence electrons. The first kappa shape index (κ1) is 11.9. The lowest BCUT2D eigenvalue weighted by Crippen LogP contribution is -2.42. The van der Waals surface area contributed by atoms with Crippen LogP contribution in [0.3, 0.4) is 0 Å². The molecule has 17 heavy (non-hydrogen) atoms. The highest BCUT2D eigenvalue weighted by atomic mass is 16.5. The average Bonchev–Trinajstić information content (AvgIpc) is 2.40. The Hall–Kier alpha value is -1.58. The van der Waals surface area contributed by atoms with Crippen molar-refractivity contribution in [2.24, 2.45) is 0 Å². The van der Waals surface area contributed by atoms with E-state index in [-0.39, 0.29) is 0 Å². The first-order chi connectivity index (χ1) is 8.31. The average molecular weight is 226 g/mol. The molecule has 0 saturated heterocycles. The number of hydrogen-bond donors (Lipinski definition) is 1. The maximum Gasteiger partial charge on any atom is 0.358 e. The molecule has 0 saturated carbocycles. The summed E-state index contributed by atoms with van der Waals surface area (Å²) >= 11 is 0. The van der Waals surface area contributed by atoms with Gasteiger partial charge in [-0.05, 0) is 16.5 Å². The molecule has 0 heterocycles. The fraction of sp³-hybridized carbons (Fsp3) is 0.143. The second kappa shape index (κ2) is 5.66. The van der Waals surface area contributed by atoms with Gasteiger partial charge in [-0.3, -0.25) is 0 Å². The van der Waals surface area contributed by atoms with Crippen molar-refractivity contribution in [2.45, 2.75) is 6.61 Å². The first-order valence-corrected chi connectivity index (χ1v) is 5.62. The van der Waals surface area contributed by atoms with E-state index < -0.39 is 6.92 Å². The van der Waals surface area contributed by atoms with Crippen LogP contribution >= 0.6 is 0 Å². The zero-order valence-corrected chi connectivity index (χ0v) is 9.84. The van der Waals surface area contributed by atoms with Gasteiger partial charge in [0.15, 0.2) is 0 Å². The number of hydrogen-bond acceptors (Lipinski definition) is 2. The van der Waals surface area contributed by atoms with Gasteiger partial charge in [-0.15, -0.1) is 0 Å². The molecule has 0 unspecified atom stereocenters. The highest BCUT2D eigenvalue weighted by Gasteiger charge is 2.16. The summed E-state index contributed by atoms with van der Waals surface area (Å²) in [5.74, 6) is 0. The largest absolute Gasteiger partial charge is 0.443 e. The lowest BCUT2D eigenvalue weighted by Gasteiger charge is -2.08. The van der Waals surface area contributed by atoms with Crippen molar-refractivity contribution in [3.63, 3.8) is 0 Å². The molecule has 0 radical (unpaired) electrons. The molecule has 0 atom stereocenters. The van der Waals surface area contributed by atoms with E-state index in [0.29, 0.717) is 6.61 Å². The molecule has 0 fully saturated rings. The van der Waals surface area contributed by atoms with E-state index in [2.05, 4.69) is 0 Å². The van der Waals surface area contributed by atoms with Crippen LogP contribution in [0, 0.1) is 0 Å². The summed E-state index contributed by atoms with van der Waals surface area (Å²) in [7, 11) is 1.67. The molecule has 1 N–H and O–H groups in total. The fourth-order valence-corrected chi connectivity index (χ4v) is 1.85. The summed E-state index contributed by atoms with van der Waals surface area (Å²) in [5.41, 5.74) is 2.87. The molecule has 2 nitrogen and oxygen atoms in total. The molecule has 0 aliphatic heterocycles. The number of ether oxygens (including phenoxy) is 1. The topological polar surface area (TPSA) is 29.5 Å². The minimum absolute atomic E-state index is 0.565. The third-order valence-electron chi connectivity index (χ3n) is 2.69. The zero-order chi connectivity index (χ0) is 12.1. The van der Waals surface area contributed by atoms with E-state index in [1.807, 2.05) is 54.6 Å². The summed E-state index contributed by atoms with van der Waals surface area (Å²) in [6.45, 7) is -0.0111. The van der Waals surface area contributed by atoms with Crippen molar-refractivity contribution in [2.75, 3.05) is 7.11 Å². The third kappa shape index (κ3) is 2.96. The Morgan fingerprint density at radius 3 is 2.41 bits per heavy atom. The van der Waals surface area contributed by atoms with Gasteiger partial charge in [-0.2, -0.15) is 0 Å². The number of benzene rings is 2. The Balaban J connectivity index is 2.25. The van der Waals surface area contributed by atoms with E-state index in [1.54, 1.807) is 7.11 Å². The van der Waals surface area contributed by atoms with Crippen molar-refractivity contribution < 1.29 is 9.76 Å². The van der Waals surface area contributed by atoms with Crippen LogP contribution in [0.4, 0.5) is 0 Å². The minimum Gasteiger partial charge on any atom is -0.443 e. The Kier molecular flexibility index (Phi) is 3.96. The van der Waals surface area contributed by atoms with Crippen LogP contribution in [0.15, 0.2) is 54.6 Å². The van der Waals surface area contributed by atoms with Gasteiger partial charge < -0.3 is 9.76 Å². The lowest BCUT2D eigenvalue weighted by molar-refractivity contribution is 0.185. The van der Waals surface area contributed by atoms with Crippen LogP contribution in [-0.4, -0.2) is 19.0 Å². The first-order valence-electron chi connectivity index (χ1n) is 5.62. The minimum atomic E-state index is -0.576. The zero-order valence-electron chi connectivity index (χ0n) is 9.84. The van der Waals surface area contributed by atoms with E-state index >= 15 is 0 Å². The van der Waals surface area contributed by atoms with Gasteiger partial charge in [0.05, 0.1) is 6.61 Å². The molecular formula is C14H15BO2. The van der Waals surface area contributed by atoms with Crippen molar-refractivity contribution in [3.05, 3.63) is 60.2 Å². The van der Waals surface area contributed by atoms with E-state index in [0.717, 1.165) is 16.5 Å². The van der Waals surface area contributed by atoms with Gasteiger partial charge in [0.2, 0.25) is 0 Å². The van der Waals surface area contributed by atoms with E-state index in [1.165, 1.54) is 0 Å². The lowest BCUT2D eigenvalue weighted by atomic mass is 9.56. The highest BCUT2D eigenvalue weighted by Crippen LogP contribution is 1.99. The normalized spacial score (nSPS) is 10.2. The Labute approximate surface area is 102 Å². The highest BCUT2D eigenvalue weighted by molar-refractivity contribution is 6.78.